The Morgan fingerprint density at radius 1 is 1.14 bits per heavy atom. The van der Waals surface area contributed by atoms with E-state index in [1.54, 1.807) is 0 Å². The molecule has 6 nitrogen and oxygen atoms in total. The lowest BCUT2D eigenvalue weighted by molar-refractivity contribution is -0.130. The van der Waals surface area contributed by atoms with Crippen LogP contribution in [0.1, 0.15) is 46.1 Å². The zero-order valence-corrected chi connectivity index (χ0v) is 17.4. The number of aliphatic hydroxyl groups excluding tert-OH is 1. The third-order valence-electron chi connectivity index (χ3n) is 4.42. The number of unbranched alkanes of at least 4 members (excludes halogenated alkanes) is 1. The predicted octanol–water partition coefficient (Wildman–Crippen LogP) is 2.14. The molecule has 156 valence electrons. The van der Waals surface area contributed by atoms with Crippen LogP contribution in [-0.2, 0) is 16.0 Å². The minimum Gasteiger partial charge on any atom is -0.389 e. The number of hydrogen-bond acceptors (Lipinski definition) is 4. The van der Waals surface area contributed by atoms with E-state index in [1.165, 1.54) is 6.92 Å². The highest BCUT2D eigenvalue weighted by atomic mass is 16.3. The molecule has 2 amide bonds. The van der Waals surface area contributed by atoms with Crippen molar-refractivity contribution in [2.75, 3.05) is 6.54 Å². The molecule has 0 saturated heterocycles. The summed E-state index contributed by atoms with van der Waals surface area (Å²) in [6, 6.07) is 8.61. The van der Waals surface area contributed by atoms with Gasteiger partial charge in [0.2, 0.25) is 11.8 Å². The second-order valence-electron chi connectivity index (χ2n) is 7.39. The van der Waals surface area contributed by atoms with Crippen LogP contribution in [0.5, 0.6) is 0 Å². The fourth-order valence-electron chi connectivity index (χ4n) is 2.84. The second kappa shape index (κ2) is 12.9. The molecule has 0 unspecified atom stereocenters. The molecule has 0 aliphatic rings. The zero-order valence-electron chi connectivity index (χ0n) is 17.4. The zero-order chi connectivity index (χ0) is 20.9. The van der Waals surface area contributed by atoms with Gasteiger partial charge in [0, 0.05) is 13.5 Å². The Morgan fingerprint density at radius 3 is 2.39 bits per heavy atom. The van der Waals surface area contributed by atoms with Crippen LogP contribution < -0.4 is 16.0 Å². The smallest absolute Gasteiger partial charge is 0.243 e. The molecule has 0 aliphatic carbocycles. The van der Waals surface area contributed by atoms with Crippen LogP contribution in [0.2, 0.25) is 0 Å². The van der Waals surface area contributed by atoms with Gasteiger partial charge in [0.25, 0.3) is 0 Å². The van der Waals surface area contributed by atoms with Crippen molar-refractivity contribution in [3.63, 3.8) is 0 Å². The summed E-state index contributed by atoms with van der Waals surface area (Å²) in [5.41, 5.74) is 1.02. The SMILES string of the molecule is CCC/C=C/NC[C@H](O)[C@H](Cc1ccccc1)NC(=O)[C@@H](NC(C)=O)C(C)C. The van der Waals surface area contributed by atoms with Crippen LogP contribution in [0, 0.1) is 5.92 Å². The molecule has 0 bridgehead atoms. The highest BCUT2D eigenvalue weighted by Gasteiger charge is 2.28. The molecular formula is C22H35N3O3. The summed E-state index contributed by atoms with van der Waals surface area (Å²) >= 11 is 0. The molecule has 28 heavy (non-hydrogen) atoms. The first-order valence-electron chi connectivity index (χ1n) is 10.0. The van der Waals surface area contributed by atoms with Crippen LogP contribution in [0.25, 0.3) is 0 Å². The number of rotatable bonds is 12. The standard InChI is InChI=1S/C22H35N3O3/c1-5-6-10-13-23-15-20(27)19(14-18-11-8-7-9-12-18)25-22(28)21(16(2)3)24-17(4)26/h7-13,16,19-21,23,27H,5-6,14-15H2,1-4H3,(H,24,26)(H,25,28)/b13-10+/t19-,20-,21-/m0/s1. The number of carbonyl (C=O) groups is 2. The van der Waals surface area contributed by atoms with Gasteiger partial charge in [-0.3, -0.25) is 9.59 Å². The first-order chi connectivity index (χ1) is 13.3. The average molecular weight is 390 g/mol. The van der Waals surface area contributed by atoms with Gasteiger partial charge >= 0.3 is 0 Å². The molecule has 3 atom stereocenters. The van der Waals surface area contributed by atoms with Gasteiger partial charge in [0.15, 0.2) is 0 Å². The molecular weight excluding hydrogens is 354 g/mol. The highest BCUT2D eigenvalue weighted by molar-refractivity contribution is 5.87. The molecule has 0 spiro atoms. The number of allylic oxidation sites excluding steroid dienone is 1. The largest absolute Gasteiger partial charge is 0.389 e. The van der Waals surface area contributed by atoms with Crippen LogP contribution >= 0.6 is 0 Å². The first kappa shape index (κ1) is 23.7. The fourth-order valence-corrected chi connectivity index (χ4v) is 2.84. The number of carbonyl (C=O) groups excluding carboxylic acids is 2. The van der Waals surface area contributed by atoms with Crippen molar-refractivity contribution in [3.05, 3.63) is 48.2 Å². The van der Waals surface area contributed by atoms with E-state index in [0.717, 1.165) is 18.4 Å². The van der Waals surface area contributed by atoms with Gasteiger partial charge < -0.3 is 21.1 Å². The molecule has 0 fully saturated rings. The average Bonchev–Trinajstić information content (AvgIpc) is 2.65. The van der Waals surface area contributed by atoms with Gasteiger partial charge in [0.1, 0.15) is 6.04 Å². The van der Waals surface area contributed by atoms with Crippen LogP contribution in [-0.4, -0.2) is 41.7 Å². The maximum Gasteiger partial charge on any atom is 0.243 e. The maximum absolute atomic E-state index is 12.8. The molecule has 0 saturated carbocycles. The minimum absolute atomic E-state index is 0.0616. The van der Waals surface area contributed by atoms with E-state index in [4.69, 9.17) is 0 Å². The van der Waals surface area contributed by atoms with Crippen molar-refractivity contribution in [2.45, 2.75) is 65.1 Å². The minimum atomic E-state index is -0.777. The summed E-state index contributed by atoms with van der Waals surface area (Å²) in [6.45, 7) is 7.58. The lowest BCUT2D eigenvalue weighted by Gasteiger charge is -2.28. The molecule has 0 heterocycles. The Labute approximate surface area is 168 Å². The fraction of sp³-hybridized carbons (Fsp3) is 0.545. The molecule has 6 heteroatoms. The highest BCUT2D eigenvalue weighted by Crippen LogP contribution is 2.09. The molecule has 1 rings (SSSR count). The van der Waals surface area contributed by atoms with Crippen molar-refractivity contribution >= 4 is 11.8 Å². The van der Waals surface area contributed by atoms with Gasteiger partial charge in [-0.1, -0.05) is 63.6 Å². The number of benzene rings is 1. The van der Waals surface area contributed by atoms with Gasteiger partial charge in [-0.2, -0.15) is 0 Å². The van der Waals surface area contributed by atoms with Crippen molar-refractivity contribution < 1.29 is 14.7 Å². The van der Waals surface area contributed by atoms with E-state index in [-0.39, 0.29) is 17.7 Å². The normalized spacial score (nSPS) is 14.5. The van der Waals surface area contributed by atoms with E-state index >= 15 is 0 Å². The van der Waals surface area contributed by atoms with Crippen LogP contribution in [0.3, 0.4) is 0 Å². The van der Waals surface area contributed by atoms with Crippen molar-refractivity contribution in [1.29, 1.82) is 0 Å². The summed E-state index contributed by atoms with van der Waals surface area (Å²) in [7, 11) is 0. The topological polar surface area (TPSA) is 90.5 Å². The van der Waals surface area contributed by atoms with E-state index in [9.17, 15) is 14.7 Å². The summed E-state index contributed by atoms with van der Waals surface area (Å²) in [5.74, 6) is -0.600. The Balaban J connectivity index is 2.83. The summed E-state index contributed by atoms with van der Waals surface area (Å²) < 4.78 is 0. The van der Waals surface area contributed by atoms with E-state index in [1.807, 2.05) is 56.5 Å². The number of amides is 2. The summed E-state index contributed by atoms with van der Waals surface area (Å²) in [6.07, 6.45) is 5.61. The van der Waals surface area contributed by atoms with Crippen LogP contribution in [0.15, 0.2) is 42.6 Å². The maximum atomic E-state index is 12.8. The van der Waals surface area contributed by atoms with Crippen molar-refractivity contribution in [2.24, 2.45) is 5.92 Å². The van der Waals surface area contributed by atoms with Crippen molar-refractivity contribution in [1.82, 2.24) is 16.0 Å². The van der Waals surface area contributed by atoms with Gasteiger partial charge in [0.05, 0.1) is 12.1 Å². The van der Waals surface area contributed by atoms with Crippen molar-refractivity contribution in [3.8, 4) is 0 Å². The van der Waals surface area contributed by atoms with E-state index < -0.39 is 18.2 Å². The van der Waals surface area contributed by atoms with Gasteiger partial charge in [-0.25, -0.2) is 0 Å². The molecule has 0 aromatic heterocycles. The van der Waals surface area contributed by atoms with Gasteiger partial charge in [-0.15, -0.1) is 0 Å². The Bertz CT molecular complexity index is 617. The Hall–Kier alpha value is -2.34. The molecule has 1 aromatic rings. The summed E-state index contributed by atoms with van der Waals surface area (Å²) in [5, 5.41) is 19.4. The first-order valence-corrected chi connectivity index (χ1v) is 10.0. The predicted molar refractivity (Wildman–Crippen MR) is 113 cm³/mol. The lowest BCUT2D eigenvalue weighted by Crippen LogP contribution is -2.55. The third kappa shape index (κ3) is 9.04. The Kier molecular flexibility index (Phi) is 11.0. The Morgan fingerprint density at radius 2 is 1.82 bits per heavy atom. The molecule has 1 aromatic carbocycles. The molecule has 0 aliphatic heterocycles. The van der Waals surface area contributed by atoms with Crippen LogP contribution in [0.4, 0.5) is 0 Å². The van der Waals surface area contributed by atoms with E-state index in [2.05, 4.69) is 22.9 Å². The summed E-state index contributed by atoms with van der Waals surface area (Å²) in [4.78, 5) is 24.2. The lowest BCUT2D eigenvalue weighted by atomic mass is 9.98. The van der Waals surface area contributed by atoms with Gasteiger partial charge in [-0.05, 0) is 30.5 Å². The number of nitrogens with one attached hydrogen (secondary N) is 3. The molecule has 4 N–H and O–H groups in total. The monoisotopic (exact) mass is 389 g/mol. The number of hydrogen-bond donors (Lipinski definition) is 4. The van der Waals surface area contributed by atoms with E-state index in [0.29, 0.717) is 13.0 Å². The quantitative estimate of drug-likeness (QED) is 0.441. The molecule has 0 radical (unpaired) electrons. The second-order valence-corrected chi connectivity index (χ2v) is 7.39. The number of aliphatic hydroxyl groups is 1. The third-order valence-corrected chi connectivity index (χ3v) is 4.42.